The first-order chi connectivity index (χ1) is 3.68. The number of aliphatic hydroxyl groups excluding tert-OH is 2. The van der Waals surface area contributed by atoms with Crippen molar-refractivity contribution in [2.75, 3.05) is 0 Å². The molecule has 50 valence electrons. The van der Waals surface area contributed by atoms with E-state index < -0.39 is 12.4 Å². The van der Waals surface area contributed by atoms with E-state index in [1.165, 1.54) is 0 Å². The van der Waals surface area contributed by atoms with Gasteiger partial charge in [-0.3, -0.25) is 0 Å². The summed E-state index contributed by atoms with van der Waals surface area (Å²) in [5, 5.41) is 25.1. The van der Waals surface area contributed by atoms with Gasteiger partial charge in [-0.05, 0) is 6.42 Å². The van der Waals surface area contributed by atoms with Gasteiger partial charge in [0.25, 0.3) is 0 Å². The molecule has 0 aromatic heterocycles. The fourth-order valence-corrected chi connectivity index (χ4v) is 0.445. The molecule has 3 nitrogen and oxygen atoms in total. The molecule has 0 heterocycles. The van der Waals surface area contributed by atoms with Crippen LogP contribution in [0.5, 0.6) is 0 Å². The van der Waals surface area contributed by atoms with Crippen LogP contribution in [0.1, 0.15) is 19.8 Å². The molecule has 0 aliphatic heterocycles. The Bertz CT molecular complexity index is 53.6. The number of rotatable bonds is 3. The van der Waals surface area contributed by atoms with E-state index >= 15 is 0 Å². The van der Waals surface area contributed by atoms with Gasteiger partial charge in [-0.25, -0.2) is 0 Å². The summed E-state index contributed by atoms with van der Waals surface area (Å²) in [7, 11) is 0. The van der Waals surface area contributed by atoms with Crippen molar-refractivity contribution < 1.29 is 15.3 Å². The van der Waals surface area contributed by atoms with Crippen LogP contribution >= 0.6 is 0 Å². The average molecular weight is 120 g/mol. The first kappa shape index (κ1) is 7.88. The third kappa shape index (κ3) is 2.96. The fourth-order valence-electron chi connectivity index (χ4n) is 0.445. The van der Waals surface area contributed by atoms with Crippen LogP contribution in [0, 0.1) is 0 Å². The van der Waals surface area contributed by atoms with Crippen LogP contribution in [0.4, 0.5) is 0 Å². The molecule has 0 saturated heterocycles. The minimum atomic E-state index is -1.57. The van der Waals surface area contributed by atoms with E-state index in [4.69, 9.17) is 15.3 Å². The van der Waals surface area contributed by atoms with E-state index in [2.05, 4.69) is 0 Å². The predicted octanol–water partition coefficient (Wildman–Crippen LogP) is -0.542. The summed E-state index contributed by atoms with van der Waals surface area (Å²) < 4.78 is 0. The van der Waals surface area contributed by atoms with Crippen LogP contribution in [-0.4, -0.2) is 27.7 Å². The number of hydrogen-bond donors (Lipinski definition) is 3. The summed E-state index contributed by atoms with van der Waals surface area (Å²) in [4.78, 5) is 0. The molecule has 0 spiro atoms. The summed E-state index contributed by atoms with van der Waals surface area (Å²) in [6.45, 7) is 1.87. The molecule has 0 aromatic rings. The van der Waals surface area contributed by atoms with Gasteiger partial charge in [0, 0.05) is 0 Å². The Hall–Kier alpha value is -0.120. The Kier molecular flexibility index (Phi) is 3.77. The van der Waals surface area contributed by atoms with Gasteiger partial charge < -0.3 is 15.3 Å². The van der Waals surface area contributed by atoms with Crippen molar-refractivity contribution in [3.63, 3.8) is 0 Å². The molecule has 8 heavy (non-hydrogen) atoms. The van der Waals surface area contributed by atoms with Crippen LogP contribution < -0.4 is 0 Å². The van der Waals surface area contributed by atoms with E-state index in [-0.39, 0.29) is 0 Å². The molecule has 0 aliphatic carbocycles. The lowest BCUT2D eigenvalue weighted by Crippen LogP contribution is -2.24. The van der Waals surface area contributed by atoms with Gasteiger partial charge in [-0.1, -0.05) is 13.3 Å². The van der Waals surface area contributed by atoms with Gasteiger partial charge >= 0.3 is 0 Å². The predicted molar refractivity (Wildman–Crippen MR) is 29.1 cm³/mol. The quantitative estimate of drug-likeness (QED) is 0.438. The number of aliphatic hydroxyl groups is 3. The Morgan fingerprint density at radius 2 is 1.75 bits per heavy atom. The maximum atomic E-state index is 8.63. The largest absolute Gasteiger partial charge is 0.388 e. The molecule has 0 saturated carbocycles. The molecular weight excluding hydrogens is 108 g/mol. The molecule has 0 aliphatic rings. The van der Waals surface area contributed by atoms with Crippen molar-refractivity contribution in [3.8, 4) is 0 Å². The van der Waals surface area contributed by atoms with E-state index in [1.54, 1.807) is 0 Å². The molecule has 0 rings (SSSR count). The Balaban J connectivity index is 3.17. The topological polar surface area (TPSA) is 60.7 Å². The highest BCUT2D eigenvalue weighted by molar-refractivity contribution is 4.53. The van der Waals surface area contributed by atoms with Crippen LogP contribution in [0.2, 0.25) is 0 Å². The molecular formula is C5H12O3. The lowest BCUT2D eigenvalue weighted by molar-refractivity contribution is -0.123. The summed E-state index contributed by atoms with van der Waals surface area (Å²) in [6.07, 6.45) is -1.34. The second kappa shape index (κ2) is 3.83. The molecule has 0 aromatic carbocycles. The van der Waals surface area contributed by atoms with Crippen molar-refractivity contribution >= 4 is 0 Å². The van der Waals surface area contributed by atoms with Crippen LogP contribution in [0.3, 0.4) is 0 Å². The van der Waals surface area contributed by atoms with Gasteiger partial charge in [0.1, 0.15) is 6.10 Å². The maximum absolute atomic E-state index is 8.63. The molecule has 3 heteroatoms. The molecule has 0 unspecified atom stereocenters. The lowest BCUT2D eigenvalue weighted by Gasteiger charge is -2.09. The first-order valence-corrected chi connectivity index (χ1v) is 2.72. The van der Waals surface area contributed by atoms with Crippen LogP contribution in [0.25, 0.3) is 0 Å². The van der Waals surface area contributed by atoms with Crippen LogP contribution in [0.15, 0.2) is 0 Å². The maximum Gasteiger partial charge on any atom is 0.178 e. The molecule has 3 N–H and O–H groups in total. The van der Waals surface area contributed by atoms with E-state index in [0.29, 0.717) is 6.42 Å². The monoisotopic (exact) mass is 120 g/mol. The summed E-state index contributed by atoms with van der Waals surface area (Å²) >= 11 is 0. The van der Waals surface area contributed by atoms with Gasteiger partial charge in [0.05, 0.1) is 0 Å². The standard InChI is InChI=1S/C5H12O3/c1-2-3-4(6)5(7)8/h4-8H,2-3H2,1H3/t4-/m1/s1. The average Bonchev–Trinajstić information content (AvgIpc) is 1.67. The van der Waals surface area contributed by atoms with E-state index in [0.717, 1.165) is 6.42 Å². The molecule has 0 radical (unpaired) electrons. The number of hydrogen-bond acceptors (Lipinski definition) is 3. The highest BCUT2D eigenvalue weighted by atomic mass is 16.5. The van der Waals surface area contributed by atoms with Crippen LogP contribution in [-0.2, 0) is 0 Å². The Labute approximate surface area is 48.6 Å². The van der Waals surface area contributed by atoms with Crippen molar-refractivity contribution in [1.29, 1.82) is 0 Å². The van der Waals surface area contributed by atoms with E-state index in [1.807, 2.05) is 6.92 Å². The van der Waals surface area contributed by atoms with Crippen molar-refractivity contribution in [1.82, 2.24) is 0 Å². The third-order valence-electron chi connectivity index (χ3n) is 0.929. The normalized spacial score (nSPS) is 14.6. The van der Waals surface area contributed by atoms with Gasteiger partial charge in [0.2, 0.25) is 0 Å². The second-order valence-corrected chi connectivity index (χ2v) is 1.77. The van der Waals surface area contributed by atoms with Gasteiger partial charge in [-0.2, -0.15) is 0 Å². The molecule has 0 fully saturated rings. The van der Waals surface area contributed by atoms with Crippen molar-refractivity contribution in [3.05, 3.63) is 0 Å². The SMILES string of the molecule is CCC[C@@H](O)C(O)O. The smallest absolute Gasteiger partial charge is 0.178 e. The molecule has 1 atom stereocenters. The highest BCUT2D eigenvalue weighted by Gasteiger charge is 2.09. The summed E-state index contributed by atoms with van der Waals surface area (Å²) in [6, 6.07) is 0. The highest BCUT2D eigenvalue weighted by Crippen LogP contribution is 1.97. The Morgan fingerprint density at radius 3 is 1.88 bits per heavy atom. The van der Waals surface area contributed by atoms with Gasteiger partial charge in [0.15, 0.2) is 6.29 Å². The second-order valence-electron chi connectivity index (χ2n) is 1.77. The zero-order chi connectivity index (χ0) is 6.57. The van der Waals surface area contributed by atoms with Crippen molar-refractivity contribution in [2.24, 2.45) is 0 Å². The van der Waals surface area contributed by atoms with Gasteiger partial charge in [-0.15, -0.1) is 0 Å². The minimum absolute atomic E-state index is 0.442. The third-order valence-corrected chi connectivity index (χ3v) is 0.929. The summed E-state index contributed by atoms with van der Waals surface area (Å²) in [5.41, 5.74) is 0. The fraction of sp³-hybridized carbons (Fsp3) is 1.00. The summed E-state index contributed by atoms with van der Waals surface area (Å²) in [5.74, 6) is 0. The zero-order valence-corrected chi connectivity index (χ0v) is 4.91. The van der Waals surface area contributed by atoms with E-state index in [9.17, 15) is 0 Å². The Morgan fingerprint density at radius 1 is 1.25 bits per heavy atom. The molecule has 0 amide bonds. The van der Waals surface area contributed by atoms with Crippen molar-refractivity contribution in [2.45, 2.75) is 32.2 Å². The first-order valence-electron chi connectivity index (χ1n) is 2.72. The molecule has 0 bridgehead atoms. The minimum Gasteiger partial charge on any atom is -0.388 e. The lowest BCUT2D eigenvalue weighted by atomic mass is 10.2. The zero-order valence-electron chi connectivity index (χ0n) is 4.91.